The van der Waals surface area contributed by atoms with Crippen molar-refractivity contribution in [3.63, 3.8) is 0 Å². The second-order valence-corrected chi connectivity index (χ2v) is 5.11. The maximum atomic E-state index is 5.96. The van der Waals surface area contributed by atoms with E-state index in [0.29, 0.717) is 13.2 Å². The number of hydrogen-bond donors (Lipinski definition) is 1. The van der Waals surface area contributed by atoms with Gasteiger partial charge in [-0.25, -0.2) is 4.68 Å². The van der Waals surface area contributed by atoms with Crippen molar-refractivity contribution in [3.05, 3.63) is 36.2 Å². The Balaban J connectivity index is 1.84. The zero-order chi connectivity index (χ0) is 14.6. The molecule has 0 spiro atoms. The first-order valence-electron chi connectivity index (χ1n) is 6.45. The second kappa shape index (κ2) is 5.92. The van der Waals surface area contributed by atoms with E-state index in [1.54, 1.807) is 11.8 Å². The molecule has 0 aliphatic heterocycles. The summed E-state index contributed by atoms with van der Waals surface area (Å²) in [6.07, 6.45) is 1.84. The number of nitrogens with two attached hydrogens (primary N) is 1. The van der Waals surface area contributed by atoms with Crippen LogP contribution in [0.5, 0.6) is 11.5 Å². The number of methoxy groups -OCH3 is 1. The van der Waals surface area contributed by atoms with Gasteiger partial charge in [0.1, 0.15) is 23.8 Å². The first-order valence-corrected chi connectivity index (χ1v) is 6.45. The number of ether oxygens (including phenoxy) is 2. The number of hydrogen-bond acceptors (Lipinski definition) is 5. The smallest absolute Gasteiger partial charge is 0.119 e. The predicted octanol–water partition coefficient (Wildman–Crippen LogP) is 1.56. The predicted molar refractivity (Wildman–Crippen MR) is 75.7 cm³/mol. The minimum atomic E-state index is -0.477. The molecule has 2 aromatic rings. The summed E-state index contributed by atoms with van der Waals surface area (Å²) in [5.41, 5.74) is 6.25. The standard InChI is InChI=1S/C14H20N4O2/c1-14(2,15)13-10-18(17-16-13)8-9-20-12-6-4-11(19-3)5-7-12/h4-7,10H,8-9,15H2,1-3H3. The van der Waals surface area contributed by atoms with E-state index in [1.807, 2.05) is 44.3 Å². The number of benzene rings is 1. The topological polar surface area (TPSA) is 75.2 Å². The molecule has 6 nitrogen and oxygen atoms in total. The molecule has 0 atom stereocenters. The lowest BCUT2D eigenvalue weighted by atomic mass is 10.0. The highest BCUT2D eigenvalue weighted by molar-refractivity contribution is 5.31. The Hall–Kier alpha value is -2.08. The van der Waals surface area contributed by atoms with Gasteiger partial charge in [-0.15, -0.1) is 5.10 Å². The van der Waals surface area contributed by atoms with Gasteiger partial charge < -0.3 is 15.2 Å². The molecular weight excluding hydrogens is 256 g/mol. The normalized spacial score (nSPS) is 11.4. The average Bonchev–Trinajstić information content (AvgIpc) is 2.88. The molecule has 0 aliphatic carbocycles. The first kappa shape index (κ1) is 14.3. The quantitative estimate of drug-likeness (QED) is 0.866. The monoisotopic (exact) mass is 276 g/mol. The van der Waals surface area contributed by atoms with E-state index >= 15 is 0 Å². The summed E-state index contributed by atoms with van der Waals surface area (Å²) in [6, 6.07) is 7.46. The zero-order valence-electron chi connectivity index (χ0n) is 12.0. The van der Waals surface area contributed by atoms with E-state index in [9.17, 15) is 0 Å². The summed E-state index contributed by atoms with van der Waals surface area (Å²) in [5.74, 6) is 1.61. The van der Waals surface area contributed by atoms with Crippen LogP contribution in [-0.4, -0.2) is 28.7 Å². The molecule has 0 radical (unpaired) electrons. The lowest BCUT2D eigenvalue weighted by Gasteiger charge is -2.13. The molecule has 1 aromatic carbocycles. The van der Waals surface area contributed by atoms with Crippen LogP contribution in [0.3, 0.4) is 0 Å². The molecule has 20 heavy (non-hydrogen) atoms. The molecule has 0 amide bonds. The van der Waals surface area contributed by atoms with Gasteiger partial charge in [-0.05, 0) is 38.1 Å². The van der Waals surface area contributed by atoms with Gasteiger partial charge in [-0.3, -0.25) is 0 Å². The highest BCUT2D eigenvalue weighted by Gasteiger charge is 2.18. The van der Waals surface area contributed by atoms with E-state index in [0.717, 1.165) is 17.2 Å². The van der Waals surface area contributed by atoms with Crippen LogP contribution in [-0.2, 0) is 12.1 Å². The van der Waals surface area contributed by atoms with Gasteiger partial charge in [0.15, 0.2) is 0 Å². The fraction of sp³-hybridized carbons (Fsp3) is 0.429. The lowest BCUT2D eigenvalue weighted by Crippen LogP contribution is -2.29. The molecular formula is C14H20N4O2. The summed E-state index contributed by atoms with van der Waals surface area (Å²) >= 11 is 0. The van der Waals surface area contributed by atoms with Gasteiger partial charge in [0.25, 0.3) is 0 Å². The van der Waals surface area contributed by atoms with Crippen LogP contribution >= 0.6 is 0 Å². The van der Waals surface area contributed by atoms with Crippen LogP contribution in [0.2, 0.25) is 0 Å². The summed E-state index contributed by atoms with van der Waals surface area (Å²) < 4.78 is 12.4. The molecule has 1 aromatic heterocycles. The second-order valence-electron chi connectivity index (χ2n) is 5.11. The largest absolute Gasteiger partial charge is 0.497 e. The van der Waals surface area contributed by atoms with Gasteiger partial charge in [0.05, 0.1) is 25.4 Å². The highest BCUT2D eigenvalue weighted by atomic mass is 16.5. The molecule has 0 fully saturated rings. The molecule has 0 saturated carbocycles. The minimum absolute atomic E-state index is 0.477. The van der Waals surface area contributed by atoms with Crippen LogP contribution < -0.4 is 15.2 Å². The summed E-state index contributed by atoms with van der Waals surface area (Å²) in [5, 5.41) is 8.08. The van der Waals surface area contributed by atoms with Crippen molar-refractivity contribution >= 4 is 0 Å². The molecule has 0 bridgehead atoms. The van der Waals surface area contributed by atoms with Gasteiger partial charge >= 0.3 is 0 Å². The van der Waals surface area contributed by atoms with Crippen LogP contribution in [0.1, 0.15) is 19.5 Å². The van der Waals surface area contributed by atoms with Gasteiger partial charge in [0, 0.05) is 0 Å². The Morgan fingerprint density at radius 1 is 1.20 bits per heavy atom. The summed E-state index contributed by atoms with van der Waals surface area (Å²) in [7, 11) is 1.64. The maximum Gasteiger partial charge on any atom is 0.119 e. The SMILES string of the molecule is COc1ccc(OCCn2cc(C(C)(C)N)nn2)cc1. The Kier molecular flexibility index (Phi) is 4.24. The molecule has 0 unspecified atom stereocenters. The Bertz CT molecular complexity index is 543. The Morgan fingerprint density at radius 3 is 2.40 bits per heavy atom. The summed E-state index contributed by atoms with van der Waals surface area (Å²) in [4.78, 5) is 0. The highest BCUT2D eigenvalue weighted by Crippen LogP contribution is 2.17. The molecule has 2 rings (SSSR count). The van der Waals surface area contributed by atoms with Crippen molar-refractivity contribution in [2.45, 2.75) is 25.9 Å². The fourth-order valence-electron chi connectivity index (χ4n) is 1.63. The minimum Gasteiger partial charge on any atom is -0.497 e. The fourth-order valence-corrected chi connectivity index (χ4v) is 1.63. The van der Waals surface area contributed by atoms with Crippen LogP contribution in [0, 0.1) is 0 Å². The Labute approximate surface area is 118 Å². The van der Waals surface area contributed by atoms with E-state index in [2.05, 4.69) is 10.3 Å². The molecule has 0 saturated heterocycles. The van der Waals surface area contributed by atoms with Crippen molar-refractivity contribution in [2.75, 3.05) is 13.7 Å². The average molecular weight is 276 g/mol. The van der Waals surface area contributed by atoms with Crippen LogP contribution in [0.15, 0.2) is 30.5 Å². The lowest BCUT2D eigenvalue weighted by molar-refractivity contribution is 0.289. The van der Waals surface area contributed by atoms with Crippen molar-refractivity contribution in [3.8, 4) is 11.5 Å². The van der Waals surface area contributed by atoms with Crippen molar-refractivity contribution < 1.29 is 9.47 Å². The third kappa shape index (κ3) is 3.71. The number of rotatable bonds is 6. The van der Waals surface area contributed by atoms with Crippen molar-refractivity contribution in [2.24, 2.45) is 5.73 Å². The zero-order valence-corrected chi connectivity index (χ0v) is 12.0. The first-order chi connectivity index (χ1) is 9.49. The number of aromatic nitrogens is 3. The molecule has 1 heterocycles. The van der Waals surface area contributed by atoms with Crippen LogP contribution in [0.25, 0.3) is 0 Å². The maximum absolute atomic E-state index is 5.96. The van der Waals surface area contributed by atoms with Gasteiger partial charge in [0.2, 0.25) is 0 Å². The Morgan fingerprint density at radius 2 is 1.85 bits per heavy atom. The molecule has 0 aliphatic rings. The third-order valence-electron chi connectivity index (χ3n) is 2.85. The number of nitrogens with zero attached hydrogens (tertiary/aromatic N) is 3. The summed E-state index contributed by atoms with van der Waals surface area (Å²) in [6.45, 7) is 4.93. The third-order valence-corrected chi connectivity index (χ3v) is 2.85. The van der Waals surface area contributed by atoms with E-state index in [-0.39, 0.29) is 0 Å². The molecule has 6 heteroatoms. The van der Waals surface area contributed by atoms with E-state index in [4.69, 9.17) is 15.2 Å². The van der Waals surface area contributed by atoms with Crippen LogP contribution in [0.4, 0.5) is 0 Å². The van der Waals surface area contributed by atoms with Gasteiger partial charge in [-0.1, -0.05) is 5.21 Å². The van der Waals surface area contributed by atoms with Gasteiger partial charge in [-0.2, -0.15) is 0 Å². The van der Waals surface area contributed by atoms with Crippen molar-refractivity contribution in [1.82, 2.24) is 15.0 Å². The molecule has 108 valence electrons. The van der Waals surface area contributed by atoms with Crippen molar-refractivity contribution in [1.29, 1.82) is 0 Å². The van der Waals surface area contributed by atoms with E-state index in [1.165, 1.54) is 0 Å². The van der Waals surface area contributed by atoms with E-state index < -0.39 is 5.54 Å². The molecule has 2 N–H and O–H groups in total.